The molecule has 0 amide bonds. The van der Waals surface area contributed by atoms with Gasteiger partial charge in [-0.3, -0.25) is 0 Å². The number of hydrogen-bond donors (Lipinski definition) is 1. The van der Waals surface area contributed by atoms with Crippen LogP contribution < -0.4 is 10.2 Å². The maximum Gasteiger partial charge on any atom is 0.214 e. The number of rotatable bonds is 1. The molecule has 2 heterocycles. The van der Waals surface area contributed by atoms with Crippen LogP contribution in [-0.2, 0) is 0 Å². The number of fused-ring (bicyclic) bond motifs is 3. The third kappa shape index (κ3) is 1.79. The molecule has 0 bridgehead atoms. The summed E-state index contributed by atoms with van der Waals surface area (Å²) in [5.74, 6) is 0. The second kappa shape index (κ2) is 4.31. The number of hydrogen-bond acceptors (Lipinski definition) is 2. The second-order valence-corrected chi connectivity index (χ2v) is 7.27. The number of alkyl halides is 2. The molecule has 21 heavy (non-hydrogen) atoms. The molecule has 0 aliphatic carbocycles. The first-order chi connectivity index (χ1) is 10.0. The highest BCUT2D eigenvalue weighted by Crippen LogP contribution is 2.65. The summed E-state index contributed by atoms with van der Waals surface area (Å²) < 4.78 is -0.835. The predicted molar refractivity (Wildman–Crippen MR) is 89.2 cm³/mol. The van der Waals surface area contributed by atoms with Gasteiger partial charge in [0.15, 0.2) is 0 Å². The molecule has 2 aromatic rings. The quantitative estimate of drug-likeness (QED) is 0.454. The molecule has 0 spiro atoms. The molecule has 0 radical (unpaired) electrons. The van der Waals surface area contributed by atoms with Crippen LogP contribution in [0.2, 0.25) is 0 Å². The van der Waals surface area contributed by atoms with E-state index in [-0.39, 0.29) is 11.6 Å². The van der Waals surface area contributed by atoms with Crippen molar-refractivity contribution in [2.24, 2.45) is 0 Å². The second-order valence-electron chi connectivity index (χ2n) is 5.98. The van der Waals surface area contributed by atoms with Gasteiger partial charge in [-0.1, -0.05) is 65.7 Å². The number of para-hydroxylation sites is 2. The van der Waals surface area contributed by atoms with Crippen molar-refractivity contribution >= 4 is 34.6 Å². The first-order valence-corrected chi connectivity index (χ1v) is 7.88. The van der Waals surface area contributed by atoms with Crippen LogP contribution in [0.3, 0.4) is 0 Å². The van der Waals surface area contributed by atoms with Gasteiger partial charge >= 0.3 is 0 Å². The van der Waals surface area contributed by atoms with Crippen LogP contribution in [0.15, 0.2) is 54.6 Å². The van der Waals surface area contributed by atoms with Gasteiger partial charge in [-0.15, -0.1) is 0 Å². The van der Waals surface area contributed by atoms with E-state index >= 15 is 0 Å². The van der Waals surface area contributed by atoms with E-state index in [4.69, 9.17) is 23.2 Å². The van der Waals surface area contributed by atoms with E-state index in [9.17, 15) is 0 Å². The van der Waals surface area contributed by atoms with E-state index in [0.717, 1.165) is 17.8 Å². The van der Waals surface area contributed by atoms with Crippen molar-refractivity contribution in [3.8, 4) is 0 Å². The summed E-state index contributed by atoms with van der Waals surface area (Å²) in [6.07, 6.45) is 0.860. The molecule has 1 fully saturated rings. The van der Waals surface area contributed by atoms with Gasteiger partial charge in [0, 0.05) is 0 Å². The summed E-state index contributed by atoms with van der Waals surface area (Å²) in [5, 5.41) is 3.64. The molecule has 1 saturated heterocycles. The fourth-order valence-electron chi connectivity index (χ4n) is 3.39. The molecular weight excluding hydrogens is 303 g/mol. The van der Waals surface area contributed by atoms with Crippen molar-refractivity contribution in [3.05, 3.63) is 60.2 Å². The summed E-state index contributed by atoms with van der Waals surface area (Å²) in [5.41, 5.74) is 3.16. The minimum Gasteiger partial charge on any atom is -0.376 e. The maximum atomic E-state index is 6.57. The fraction of sp³-hybridized carbons (Fsp3) is 0.294. The lowest BCUT2D eigenvalue weighted by Gasteiger charge is -2.22. The van der Waals surface area contributed by atoms with Gasteiger partial charge in [0.1, 0.15) is 0 Å². The van der Waals surface area contributed by atoms with E-state index in [1.807, 2.05) is 18.2 Å². The van der Waals surface area contributed by atoms with Gasteiger partial charge in [-0.05, 0) is 31.0 Å². The van der Waals surface area contributed by atoms with Gasteiger partial charge in [-0.25, -0.2) is 0 Å². The van der Waals surface area contributed by atoms with Gasteiger partial charge in [0.25, 0.3) is 0 Å². The smallest absolute Gasteiger partial charge is 0.214 e. The van der Waals surface area contributed by atoms with Gasteiger partial charge in [-0.2, -0.15) is 0 Å². The summed E-state index contributed by atoms with van der Waals surface area (Å²) in [6.45, 7) is 2.13. The number of anilines is 2. The zero-order valence-electron chi connectivity index (χ0n) is 11.7. The maximum absolute atomic E-state index is 6.57. The molecule has 2 aromatic carbocycles. The van der Waals surface area contributed by atoms with Crippen molar-refractivity contribution in [3.63, 3.8) is 0 Å². The Kier molecular flexibility index (Phi) is 2.73. The minimum absolute atomic E-state index is 0.196. The fourth-order valence-corrected chi connectivity index (χ4v) is 4.18. The van der Waals surface area contributed by atoms with Crippen molar-refractivity contribution in [1.29, 1.82) is 0 Å². The Labute approximate surface area is 134 Å². The third-order valence-electron chi connectivity index (χ3n) is 4.65. The molecule has 0 aromatic heterocycles. The Morgan fingerprint density at radius 2 is 1.71 bits per heavy atom. The van der Waals surface area contributed by atoms with Crippen LogP contribution in [0.5, 0.6) is 0 Å². The van der Waals surface area contributed by atoms with Crippen LogP contribution in [0.4, 0.5) is 11.4 Å². The standard InChI is InChI=1S/C17H16Cl2N2/c1-16-11-14(12-7-3-2-4-8-12)20-13-9-5-6-10-15(13)21(16)17(16,18)19/h2-10,14,20H,11H2,1H3/t14-,16+,21?/m1/s1. The van der Waals surface area contributed by atoms with Crippen LogP contribution in [-0.4, -0.2) is 10.00 Å². The summed E-state index contributed by atoms with van der Waals surface area (Å²) in [6, 6.07) is 18.9. The number of benzene rings is 2. The van der Waals surface area contributed by atoms with Crippen LogP contribution in [0.25, 0.3) is 0 Å². The number of halogens is 2. The normalized spacial score (nSPS) is 28.9. The molecule has 4 rings (SSSR count). The van der Waals surface area contributed by atoms with Crippen molar-refractivity contribution in [2.45, 2.75) is 29.4 Å². The van der Waals surface area contributed by atoms with Gasteiger partial charge < -0.3 is 10.2 Å². The van der Waals surface area contributed by atoms with Gasteiger partial charge in [0.2, 0.25) is 4.46 Å². The molecule has 2 aliphatic heterocycles. The van der Waals surface area contributed by atoms with E-state index in [1.165, 1.54) is 5.56 Å². The zero-order chi connectivity index (χ0) is 14.7. The molecule has 0 unspecified atom stereocenters. The summed E-state index contributed by atoms with van der Waals surface area (Å²) in [7, 11) is 0. The van der Waals surface area contributed by atoms with Crippen LogP contribution in [0, 0.1) is 0 Å². The lowest BCUT2D eigenvalue weighted by Crippen LogP contribution is -2.21. The Bertz CT molecular complexity index is 686. The predicted octanol–water partition coefficient (Wildman–Crippen LogP) is 4.95. The lowest BCUT2D eigenvalue weighted by molar-refractivity contribution is 0.571. The monoisotopic (exact) mass is 318 g/mol. The Morgan fingerprint density at radius 3 is 2.48 bits per heavy atom. The summed E-state index contributed by atoms with van der Waals surface area (Å²) >= 11 is 13.1. The zero-order valence-corrected chi connectivity index (χ0v) is 13.2. The number of nitrogens with zero attached hydrogens (tertiary/aromatic N) is 1. The molecule has 4 heteroatoms. The average molecular weight is 319 g/mol. The Balaban J connectivity index is 1.82. The highest BCUT2D eigenvalue weighted by molar-refractivity contribution is 6.54. The highest BCUT2D eigenvalue weighted by Gasteiger charge is 2.72. The van der Waals surface area contributed by atoms with Gasteiger partial charge in [0.05, 0.1) is 23.0 Å². The van der Waals surface area contributed by atoms with Crippen LogP contribution in [0.1, 0.15) is 24.9 Å². The molecular formula is C17H16Cl2N2. The molecule has 2 aliphatic rings. The highest BCUT2D eigenvalue weighted by atomic mass is 35.5. The topological polar surface area (TPSA) is 15.0 Å². The van der Waals surface area contributed by atoms with Crippen molar-refractivity contribution < 1.29 is 0 Å². The summed E-state index contributed by atoms with van der Waals surface area (Å²) in [4.78, 5) is 2.11. The van der Waals surface area contributed by atoms with E-state index in [2.05, 4.69) is 53.5 Å². The Morgan fingerprint density at radius 1 is 1.05 bits per heavy atom. The largest absolute Gasteiger partial charge is 0.376 e. The van der Waals surface area contributed by atoms with E-state index < -0.39 is 4.46 Å². The minimum atomic E-state index is -0.835. The third-order valence-corrected chi connectivity index (χ3v) is 5.80. The first kappa shape index (κ1) is 13.3. The first-order valence-electron chi connectivity index (χ1n) is 7.13. The molecule has 108 valence electrons. The molecule has 2 atom stereocenters. The van der Waals surface area contributed by atoms with E-state index in [0.29, 0.717) is 0 Å². The lowest BCUT2D eigenvalue weighted by atomic mass is 9.95. The van der Waals surface area contributed by atoms with Crippen LogP contribution >= 0.6 is 23.2 Å². The average Bonchev–Trinajstić information content (AvgIpc) is 2.98. The SMILES string of the molecule is C[C@@]12C[C@H](c3ccccc3)Nc3ccccc3N1C2(Cl)Cl. The molecule has 0 saturated carbocycles. The van der Waals surface area contributed by atoms with E-state index in [1.54, 1.807) is 0 Å². The van der Waals surface area contributed by atoms with Crippen molar-refractivity contribution in [2.75, 3.05) is 10.2 Å². The number of nitrogens with one attached hydrogen (secondary N) is 1. The molecule has 2 nitrogen and oxygen atoms in total. The molecule has 1 N–H and O–H groups in total. The van der Waals surface area contributed by atoms with Crippen molar-refractivity contribution in [1.82, 2.24) is 0 Å². The Hall–Kier alpha value is -1.38.